The Bertz CT molecular complexity index is 377. The van der Waals surface area contributed by atoms with E-state index in [1.165, 1.54) is 0 Å². The van der Waals surface area contributed by atoms with Crippen LogP contribution in [0, 0.1) is 12.8 Å². The van der Waals surface area contributed by atoms with Crippen molar-refractivity contribution in [3.8, 4) is 0 Å². The van der Waals surface area contributed by atoms with Crippen molar-refractivity contribution in [2.75, 3.05) is 7.05 Å². The lowest BCUT2D eigenvalue weighted by Crippen LogP contribution is -2.50. The van der Waals surface area contributed by atoms with Gasteiger partial charge in [-0.1, -0.05) is 13.8 Å². The number of thiazole rings is 1. The maximum absolute atomic E-state index is 11.7. The van der Waals surface area contributed by atoms with Crippen LogP contribution in [0.4, 0.5) is 0 Å². The largest absolute Gasteiger partial charge is 0.293 e. The smallest absolute Gasteiger partial charge is 0.251 e. The molecule has 0 aliphatic carbocycles. The summed E-state index contributed by atoms with van der Waals surface area (Å²) in [6, 6.07) is -0.234. The summed E-state index contributed by atoms with van der Waals surface area (Å²) in [6.07, 6.45) is 0. The Morgan fingerprint density at radius 3 is 2.71 bits per heavy atom. The Morgan fingerprint density at radius 1 is 1.65 bits per heavy atom. The predicted octanol–water partition coefficient (Wildman–Crippen LogP) is 0.898. The van der Waals surface area contributed by atoms with E-state index in [1.807, 2.05) is 38.1 Å². The molecule has 1 aromatic rings. The summed E-state index contributed by atoms with van der Waals surface area (Å²) in [6.45, 7) is 6.63. The van der Waals surface area contributed by atoms with Crippen molar-refractivity contribution in [1.29, 1.82) is 0 Å². The number of nitrogens with one attached hydrogen (secondary N) is 1. The summed E-state index contributed by atoms with van der Waals surface area (Å²) in [5.41, 5.74) is 3.21. The molecule has 0 saturated carbocycles. The van der Waals surface area contributed by atoms with Crippen LogP contribution in [0.25, 0.3) is 0 Å². The number of hydrazine groups is 1. The van der Waals surface area contributed by atoms with Gasteiger partial charge in [-0.05, 0) is 19.9 Å². The van der Waals surface area contributed by atoms with Gasteiger partial charge in [-0.25, -0.2) is 10.8 Å². The number of nitrogens with two attached hydrogens (primary N) is 1. The molecule has 1 rings (SSSR count). The molecular weight excluding hydrogens is 236 g/mol. The molecule has 0 aliphatic rings. The van der Waals surface area contributed by atoms with Crippen LogP contribution in [0.3, 0.4) is 0 Å². The van der Waals surface area contributed by atoms with Gasteiger partial charge in [0.05, 0.1) is 16.7 Å². The number of carbonyl (C=O) groups is 1. The van der Waals surface area contributed by atoms with Crippen molar-refractivity contribution in [2.45, 2.75) is 33.4 Å². The first kappa shape index (κ1) is 14.1. The van der Waals surface area contributed by atoms with Crippen molar-refractivity contribution in [3.63, 3.8) is 0 Å². The molecule has 17 heavy (non-hydrogen) atoms. The molecule has 0 fully saturated rings. The van der Waals surface area contributed by atoms with Gasteiger partial charge in [0, 0.05) is 11.9 Å². The third-order valence-corrected chi connectivity index (χ3v) is 3.42. The molecule has 6 heteroatoms. The first-order valence-corrected chi connectivity index (χ1v) is 6.45. The molecule has 1 atom stereocenters. The maximum Gasteiger partial charge on any atom is 0.251 e. The number of aryl methyl sites for hydroxylation is 1. The SMILES string of the molecule is Cc1nc(CN(C)C(C(=O)NN)C(C)C)cs1. The molecule has 0 radical (unpaired) electrons. The number of nitrogens with zero attached hydrogens (tertiary/aromatic N) is 2. The van der Waals surface area contributed by atoms with Gasteiger partial charge in [0.1, 0.15) is 0 Å². The number of amides is 1. The Kier molecular flexibility index (Phi) is 5.04. The zero-order valence-corrected chi connectivity index (χ0v) is 11.5. The normalized spacial score (nSPS) is 13.1. The molecule has 5 nitrogen and oxygen atoms in total. The monoisotopic (exact) mass is 256 g/mol. The van der Waals surface area contributed by atoms with Gasteiger partial charge in [0.25, 0.3) is 5.91 Å². The summed E-state index contributed by atoms with van der Waals surface area (Å²) in [7, 11) is 1.91. The lowest BCUT2D eigenvalue weighted by molar-refractivity contribution is -0.127. The van der Waals surface area contributed by atoms with Gasteiger partial charge < -0.3 is 0 Å². The summed E-state index contributed by atoms with van der Waals surface area (Å²) < 4.78 is 0. The van der Waals surface area contributed by atoms with E-state index in [0.29, 0.717) is 6.54 Å². The van der Waals surface area contributed by atoms with E-state index in [2.05, 4.69) is 10.4 Å². The molecule has 1 amide bonds. The molecule has 0 aromatic carbocycles. The highest BCUT2D eigenvalue weighted by molar-refractivity contribution is 7.09. The average molecular weight is 256 g/mol. The average Bonchev–Trinajstić information content (AvgIpc) is 2.63. The predicted molar refractivity (Wildman–Crippen MR) is 69.3 cm³/mol. The van der Waals surface area contributed by atoms with E-state index in [-0.39, 0.29) is 17.9 Å². The lowest BCUT2D eigenvalue weighted by Gasteiger charge is -2.28. The molecule has 0 bridgehead atoms. The van der Waals surface area contributed by atoms with Gasteiger partial charge in [-0.3, -0.25) is 15.1 Å². The van der Waals surface area contributed by atoms with Crippen LogP contribution in [-0.2, 0) is 11.3 Å². The molecule has 0 saturated heterocycles. The Labute approximate surface area is 106 Å². The topological polar surface area (TPSA) is 71.2 Å². The second-order valence-corrected chi connectivity index (χ2v) is 5.53. The van der Waals surface area contributed by atoms with Crippen LogP contribution in [0.15, 0.2) is 5.38 Å². The minimum absolute atomic E-state index is 0.158. The second kappa shape index (κ2) is 6.09. The summed E-state index contributed by atoms with van der Waals surface area (Å²) in [5.74, 6) is 5.25. The first-order chi connectivity index (χ1) is 7.95. The van der Waals surface area contributed by atoms with Crippen LogP contribution >= 0.6 is 11.3 Å². The molecule has 96 valence electrons. The summed E-state index contributed by atoms with van der Waals surface area (Å²) >= 11 is 1.62. The van der Waals surface area contributed by atoms with Gasteiger partial charge >= 0.3 is 0 Å². The Hall–Kier alpha value is -0.980. The van der Waals surface area contributed by atoms with Crippen molar-refractivity contribution in [2.24, 2.45) is 11.8 Å². The van der Waals surface area contributed by atoms with Crippen LogP contribution in [0.5, 0.6) is 0 Å². The Balaban J connectivity index is 2.71. The van der Waals surface area contributed by atoms with Crippen molar-refractivity contribution < 1.29 is 4.79 Å². The van der Waals surface area contributed by atoms with Crippen LogP contribution < -0.4 is 11.3 Å². The number of likely N-dealkylation sites (N-methyl/N-ethyl adjacent to an activating group) is 1. The molecule has 1 heterocycles. The quantitative estimate of drug-likeness (QED) is 0.466. The minimum atomic E-state index is -0.234. The lowest BCUT2D eigenvalue weighted by atomic mass is 10.0. The van der Waals surface area contributed by atoms with Crippen molar-refractivity contribution in [3.05, 3.63) is 16.1 Å². The molecule has 1 aromatic heterocycles. The standard InChI is InChI=1S/C11H20N4OS/c1-7(2)10(11(16)14-12)15(4)5-9-6-17-8(3)13-9/h6-7,10H,5,12H2,1-4H3,(H,14,16). The maximum atomic E-state index is 11.7. The molecular formula is C11H20N4OS. The highest BCUT2D eigenvalue weighted by Crippen LogP contribution is 2.15. The zero-order chi connectivity index (χ0) is 13.0. The van der Waals surface area contributed by atoms with Crippen LogP contribution in [0.2, 0.25) is 0 Å². The van der Waals surface area contributed by atoms with E-state index >= 15 is 0 Å². The third kappa shape index (κ3) is 3.76. The molecule has 3 N–H and O–H groups in total. The van der Waals surface area contributed by atoms with E-state index < -0.39 is 0 Å². The highest BCUT2D eigenvalue weighted by atomic mass is 32.1. The number of hydrogen-bond donors (Lipinski definition) is 2. The number of rotatable bonds is 5. The van der Waals surface area contributed by atoms with Crippen molar-refractivity contribution in [1.82, 2.24) is 15.3 Å². The molecule has 1 unspecified atom stereocenters. The molecule has 0 spiro atoms. The van der Waals surface area contributed by atoms with Gasteiger partial charge in [0.2, 0.25) is 0 Å². The van der Waals surface area contributed by atoms with Gasteiger partial charge in [-0.15, -0.1) is 11.3 Å². The zero-order valence-electron chi connectivity index (χ0n) is 10.7. The van der Waals surface area contributed by atoms with Crippen LogP contribution in [-0.4, -0.2) is 28.9 Å². The number of carbonyl (C=O) groups excluding carboxylic acids is 1. The molecule has 0 aliphatic heterocycles. The summed E-state index contributed by atoms with van der Waals surface area (Å²) in [5, 5.41) is 3.06. The second-order valence-electron chi connectivity index (χ2n) is 4.47. The highest BCUT2D eigenvalue weighted by Gasteiger charge is 2.26. The van der Waals surface area contributed by atoms with E-state index in [4.69, 9.17) is 5.84 Å². The minimum Gasteiger partial charge on any atom is -0.293 e. The number of aromatic nitrogens is 1. The third-order valence-electron chi connectivity index (χ3n) is 2.60. The van der Waals surface area contributed by atoms with E-state index in [1.54, 1.807) is 11.3 Å². The van der Waals surface area contributed by atoms with Crippen LogP contribution in [0.1, 0.15) is 24.5 Å². The van der Waals surface area contributed by atoms with E-state index in [9.17, 15) is 4.79 Å². The van der Waals surface area contributed by atoms with Crippen molar-refractivity contribution >= 4 is 17.2 Å². The van der Waals surface area contributed by atoms with Gasteiger partial charge in [0.15, 0.2) is 0 Å². The number of hydrogen-bond acceptors (Lipinski definition) is 5. The fraction of sp³-hybridized carbons (Fsp3) is 0.636. The fourth-order valence-electron chi connectivity index (χ4n) is 1.93. The fourth-order valence-corrected chi connectivity index (χ4v) is 2.54. The van der Waals surface area contributed by atoms with E-state index in [0.717, 1.165) is 10.7 Å². The van der Waals surface area contributed by atoms with Gasteiger partial charge in [-0.2, -0.15) is 0 Å². The Morgan fingerprint density at radius 2 is 2.29 bits per heavy atom. The summed E-state index contributed by atoms with van der Waals surface area (Å²) in [4.78, 5) is 18.1. The first-order valence-electron chi connectivity index (χ1n) is 5.57.